The molecule has 1 aromatic rings. The Morgan fingerprint density at radius 2 is 2.46 bits per heavy atom. The largest absolute Gasteiger partial charge is 0.359 e. The van der Waals surface area contributed by atoms with E-state index in [-0.39, 0.29) is 0 Å². The summed E-state index contributed by atoms with van der Waals surface area (Å²) in [6, 6.07) is 2.07. The van der Waals surface area contributed by atoms with Crippen LogP contribution in [0, 0.1) is 18.3 Å². The molecule has 0 aromatic carbocycles. The van der Waals surface area contributed by atoms with Gasteiger partial charge >= 0.3 is 0 Å². The van der Waals surface area contributed by atoms with Crippen molar-refractivity contribution in [1.82, 2.24) is 9.78 Å². The molecule has 0 fully saturated rings. The van der Waals surface area contributed by atoms with E-state index in [1.165, 1.54) is 0 Å². The first kappa shape index (κ1) is 9.75. The van der Waals surface area contributed by atoms with Gasteiger partial charge in [-0.15, -0.1) is 0 Å². The SMILES string of the molecule is CCCOCn1cc(C#N)c(C)n1. The van der Waals surface area contributed by atoms with Crippen LogP contribution < -0.4 is 0 Å². The van der Waals surface area contributed by atoms with Gasteiger partial charge in [-0.05, 0) is 13.3 Å². The van der Waals surface area contributed by atoms with Crippen molar-refractivity contribution in [3.05, 3.63) is 17.5 Å². The predicted molar refractivity (Wildman–Crippen MR) is 47.9 cm³/mol. The first-order valence-electron chi connectivity index (χ1n) is 4.29. The highest BCUT2D eigenvalue weighted by Crippen LogP contribution is 2.03. The minimum Gasteiger partial charge on any atom is -0.359 e. The summed E-state index contributed by atoms with van der Waals surface area (Å²) < 4.78 is 6.92. The van der Waals surface area contributed by atoms with Gasteiger partial charge in [-0.3, -0.25) is 0 Å². The third-order valence-corrected chi connectivity index (χ3v) is 1.64. The predicted octanol–water partition coefficient (Wildman–Crippen LogP) is 1.45. The molecule has 0 saturated heterocycles. The maximum absolute atomic E-state index is 8.66. The van der Waals surface area contributed by atoms with E-state index < -0.39 is 0 Å². The highest BCUT2D eigenvalue weighted by atomic mass is 16.5. The first-order valence-corrected chi connectivity index (χ1v) is 4.29. The summed E-state index contributed by atoms with van der Waals surface area (Å²) in [7, 11) is 0. The number of aryl methyl sites for hydroxylation is 1. The van der Waals surface area contributed by atoms with Crippen molar-refractivity contribution < 1.29 is 4.74 Å². The molecule has 0 aliphatic heterocycles. The number of hydrogen-bond donors (Lipinski definition) is 0. The number of nitriles is 1. The van der Waals surface area contributed by atoms with Gasteiger partial charge in [0.05, 0.1) is 11.3 Å². The minimum atomic E-state index is 0.427. The fraction of sp³-hybridized carbons (Fsp3) is 0.556. The molecule has 70 valence electrons. The van der Waals surface area contributed by atoms with Gasteiger partial charge in [0, 0.05) is 12.8 Å². The van der Waals surface area contributed by atoms with Gasteiger partial charge < -0.3 is 4.74 Å². The van der Waals surface area contributed by atoms with Gasteiger partial charge in [0.1, 0.15) is 12.8 Å². The Bertz CT molecular complexity index is 311. The normalized spacial score (nSPS) is 9.92. The van der Waals surface area contributed by atoms with E-state index in [0.717, 1.165) is 18.7 Å². The number of hydrogen-bond acceptors (Lipinski definition) is 3. The highest BCUT2D eigenvalue weighted by molar-refractivity contribution is 5.29. The minimum absolute atomic E-state index is 0.427. The number of ether oxygens (including phenoxy) is 1. The lowest BCUT2D eigenvalue weighted by Gasteiger charge is -2.00. The second-order valence-corrected chi connectivity index (χ2v) is 2.82. The van der Waals surface area contributed by atoms with E-state index in [0.29, 0.717) is 12.3 Å². The molecule has 0 saturated carbocycles. The molecule has 0 N–H and O–H groups in total. The molecule has 0 atom stereocenters. The van der Waals surface area contributed by atoms with Crippen LogP contribution in [-0.2, 0) is 11.5 Å². The Morgan fingerprint density at radius 3 is 3.00 bits per heavy atom. The quantitative estimate of drug-likeness (QED) is 0.657. The smallest absolute Gasteiger partial charge is 0.139 e. The molecule has 0 radical (unpaired) electrons. The maximum Gasteiger partial charge on any atom is 0.139 e. The van der Waals surface area contributed by atoms with E-state index in [4.69, 9.17) is 10.00 Å². The molecule has 0 unspecified atom stereocenters. The van der Waals surface area contributed by atoms with Crippen LogP contribution in [0.4, 0.5) is 0 Å². The summed E-state index contributed by atoms with van der Waals surface area (Å²) in [4.78, 5) is 0. The Kier molecular flexibility index (Phi) is 3.47. The molecule has 1 heterocycles. The van der Waals surface area contributed by atoms with Crippen molar-refractivity contribution in [2.75, 3.05) is 6.61 Å². The highest BCUT2D eigenvalue weighted by Gasteiger charge is 2.02. The second kappa shape index (κ2) is 4.63. The van der Waals surface area contributed by atoms with Crippen LogP contribution in [0.25, 0.3) is 0 Å². The Labute approximate surface area is 77.7 Å². The molecule has 1 rings (SSSR count). The van der Waals surface area contributed by atoms with E-state index >= 15 is 0 Å². The summed E-state index contributed by atoms with van der Waals surface area (Å²) in [6.45, 7) is 5.01. The molecule has 0 spiro atoms. The fourth-order valence-electron chi connectivity index (χ4n) is 0.996. The molecule has 4 heteroatoms. The van der Waals surface area contributed by atoms with E-state index in [1.54, 1.807) is 10.9 Å². The van der Waals surface area contributed by atoms with Crippen molar-refractivity contribution in [2.24, 2.45) is 0 Å². The fourth-order valence-corrected chi connectivity index (χ4v) is 0.996. The van der Waals surface area contributed by atoms with Crippen LogP contribution in [0.1, 0.15) is 24.6 Å². The zero-order valence-electron chi connectivity index (χ0n) is 7.95. The summed E-state index contributed by atoms with van der Waals surface area (Å²) in [5, 5.41) is 12.8. The Morgan fingerprint density at radius 1 is 1.69 bits per heavy atom. The van der Waals surface area contributed by atoms with Crippen LogP contribution >= 0.6 is 0 Å². The van der Waals surface area contributed by atoms with Crippen molar-refractivity contribution in [1.29, 1.82) is 5.26 Å². The van der Waals surface area contributed by atoms with Crippen molar-refractivity contribution in [2.45, 2.75) is 27.0 Å². The van der Waals surface area contributed by atoms with Crippen LogP contribution in [0.15, 0.2) is 6.20 Å². The average Bonchev–Trinajstić information content (AvgIpc) is 2.47. The molecular formula is C9H13N3O. The van der Waals surface area contributed by atoms with Gasteiger partial charge in [-0.25, -0.2) is 4.68 Å². The van der Waals surface area contributed by atoms with Crippen molar-refractivity contribution >= 4 is 0 Å². The molecule has 13 heavy (non-hydrogen) atoms. The van der Waals surface area contributed by atoms with Crippen molar-refractivity contribution in [3.63, 3.8) is 0 Å². The second-order valence-electron chi connectivity index (χ2n) is 2.82. The number of nitrogens with zero attached hydrogens (tertiary/aromatic N) is 3. The molecule has 0 bridgehead atoms. The average molecular weight is 179 g/mol. The molecule has 4 nitrogen and oxygen atoms in total. The zero-order chi connectivity index (χ0) is 9.68. The molecule has 0 aliphatic carbocycles. The summed E-state index contributed by atoms with van der Waals surface area (Å²) in [5.41, 5.74) is 1.36. The lowest BCUT2D eigenvalue weighted by Crippen LogP contribution is -2.03. The summed E-state index contributed by atoms with van der Waals surface area (Å²) in [6.07, 6.45) is 2.69. The summed E-state index contributed by atoms with van der Waals surface area (Å²) in [5.74, 6) is 0. The van der Waals surface area contributed by atoms with E-state index in [9.17, 15) is 0 Å². The van der Waals surface area contributed by atoms with Gasteiger partial charge in [-0.2, -0.15) is 10.4 Å². The van der Waals surface area contributed by atoms with Crippen LogP contribution in [0.5, 0.6) is 0 Å². The van der Waals surface area contributed by atoms with Crippen LogP contribution in [0.2, 0.25) is 0 Å². The maximum atomic E-state index is 8.66. The number of rotatable bonds is 4. The van der Waals surface area contributed by atoms with Gasteiger partial charge in [0.25, 0.3) is 0 Å². The molecule has 0 aliphatic rings. The Balaban J connectivity index is 2.54. The van der Waals surface area contributed by atoms with Gasteiger partial charge in [-0.1, -0.05) is 6.92 Å². The summed E-state index contributed by atoms with van der Waals surface area (Å²) >= 11 is 0. The van der Waals surface area contributed by atoms with Crippen molar-refractivity contribution in [3.8, 4) is 6.07 Å². The molecular weight excluding hydrogens is 166 g/mol. The lowest BCUT2D eigenvalue weighted by atomic mass is 10.3. The molecule has 0 amide bonds. The standard InChI is InChI=1S/C9H13N3O/c1-3-4-13-7-12-6-9(5-10)8(2)11-12/h6H,3-4,7H2,1-2H3. The van der Waals surface area contributed by atoms with Crippen LogP contribution in [-0.4, -0.2) is 16.4 Å². The number of aromatic nitrogens is 2. The topological polar surface area (TPSA) is 50.8 Å². The van der Waals surface area contributed by atoms with Gasteiger partial charge in [0.2, 0.25) is 0 Å². The van der Waals surface area contributed by atoms with Gasteiger partial charge in [0.15, 0.2) is 0 Å². The zero-order valence-corrected chi connectivity index (χ0v) is 7.95. The van der Waals surface area contributed by atoms with E-state index in [2.05, 4.69) is 18.1 Å². The molecule has 1 aromatic heterocycles. The monoisotopic (exact) mass is 179 g/mol. The Hall–Kier alpha value is -1.34. The van der Waals surface area contributed by atoms with E-state index in [1.807, 2.05) is 6.92 Å². The first-order chi connectivity index (χ1) is 6.27. The lowest BCUT2D eigenvalue weighted by molar-refractivity contribution is 0.0691. The third-order valence-electron chi connectivity index (χ3n) is 1.64. The third kappa shape index (κ3) is 2.56. The van der Waals surface area contributed by atoms with Crippen LogP contribution in [0.3, 0.4) is 0 Å².